The molecule has 0 saturated carbocycles. The summed E-state index contributed by atoms with van der Waals surface area (Å²) in [5.74, 6) is 0.995. The fourth-order valence-corrected chi connectivity index (χ4v) is 4.40. The van der Waals surface area contributed by atoms with Crippen molar-refractivity contribution >= 4 is 27.0 Å². The lowest BCUT2D eigenvalue weighted by Gasteiger charge is -2.14. The normalized spacial score (nSPS) is 11.9. The summed E-state index contributed by atoms with van der Waals surface area (Å²) in [6, 6.07) is 9.71. The second-order valence-corrected chi connectivity index (χ2v) is 10.4. The number of sulfonamides is 1. The third-order valence-corrected chi connectivity index (χ3v) is 6.93. The molecule has 0 atom stereocenters. The largest absolute Gasteiger partial charge is 0.493 e. The van der Waals surface area contributed by atoms with Crippen molar-refractivity contribution in [2.24, 2.45) is 0 Å². The minimum Gasteiger partial charge on any atom is -0.493 e. The number of esters is 1. The molecule has 0 radical (unpaired) electrons. The van der Waals surface area contributed by atoms with Gasteiger partial charge in [-0.3, -0.25) is 0 Å². The van der Waals surface area contributed by atoms with Crippen molar-refractivity contribution < 1.29 is 27.4 Å². The van der Waals surface area contributed by atoms with Crippen LogP contribution in [0.4, 0.5) is 0 Å². The summed E-state index contributed by atoms with van der Waals surface area (Å²) >= 11 is 0. The predicted octanol–water partition coefficient (Wildman–Crippen LogP) is 3.85. The average molecular weight is 490 g/mol. The zero-order valence-electron chi connectivity index (χ0n) is 20.4. The second-order valence-electron chi connectivity index (χ2n) is 8.23. The summed E-state index contributed by atoms with van der Waals surface area (Å²) in [6.45, 7) is 6.43. The number of ether oxygens (including phenoxy) is 3. The molecule has 0 spiro atoms. The van der Waals surface area contributed by atoms with E-state index in [1.165, 1.54) is 21.2 Å². The number of methoxy groups -OCH3 is 1. The molecule has 0 fully saturated rings. The molecule has 0 N–H and O–H groups in total. The summed E-state index contributed by atoms with van der Waals surface area (Å²) in [6.07, 6.45) is 0.796. The highest BCUT2D eigenvalue weighted by molar-refractivity contribution is 7.89. The number of carbonyl (C=O) groups is 1. The highest BCUT2D eigenvalue weighted by Crippen LogP contribution is 2.29. The number of hydrogen-bond acceptors (Lipinski definition) is 7. The van der Waals surface area contributed by atoms with E-state index in [1.54, 1.807) is 36.4 Å². The van der Waals surface area contributed by atoms with Gasteiger partial charge in [0, 0.05) is 20.6 Å². The Balaban J connectivity index is 1.86. The van der Waals surface area contributed by atoms with Crippen molar-refractivity contribution in [1.29, 1.82) is 0 Å². The van der Waals surface area contributed by atoms with E-state index in [2.05, 4.69) is 4.98 Å². The topological polar surface area (TPSA) is 100.0 Å². The zero-order valence-corrected chi connectivity index (χ0v) is 21.2. The van der Waals surface area contributed by atoms with Crippen LogP contribution in [0, 0.1) is 0 Å². The van der Waals surface area contributed by atoms with Gasteiger partial charge < -0.3 is 18.8 Å². The molecule has 0 aliphatic heterocycles. The van der Waals surface area contributed by atoms with Crippen LogP contribution in [-0.2, 0) is 27.9 Å². The van der Waals surface area contributed by atoms with Gasteiger partial charge in [0.1, 0.15) is 12.4 Å². The maximum atomic E-state index is 12.7. The SMILES string of the molecule is CCCn1c(COC(=O)c2ccc(OC(C)C)c(OC)c2)nc2cc(S(=O)(=O)N(C)C)ccc21. The number of imidazole rings is 1. The Labute approximate surface area is 200 Å². The van der Waals surface area contributed by atoms with Crippen LogP contribution in [0.2, 0.25) is 0 Å². The van der Waals surface area contributed by atoms with Gasteiger partial charge in [0.05, 0.1) is 34.7 Å². The maximum absolute atomic E-state index is 12.7. The van der Waals surface area contributed by atoms with Gasteiger partial charge in [-0.15, -0.1) is 0 Å². The van der Waals surface area contributed by atoms with Crippen LogP contribution in [0.5, 0.6) is 11.5 Å². The van der Waals surface area contributed by atoms with Crippen molar-refractivity contribution in [2.75, 3.05) is 21.2 Å². The van der Waals surface area contributed by atoms with E-state index in [-0.39, 0.29) is 17.6 Å². The first-order valence-corrected chi connectivity index (χ1v) is 12.5. The number of fused-ring (bicyclic) bond motifs is 1. The van der Waals surface area contributed by atoms with Crippen molar-refractivity contribution in [3.8, 4) is 11.5 Å². The lowest BCUT2D eigenvalue weighted by atomic mass is 10.2. The van der Waals surface area contributed by atoms with E-state index in [1.807, 2.05) is 25.3 Å². The lowest BCUT2D eigenvalue weighted by molar-refractivity contribution is 0.0458. The van der Waals surface area contributed by atoms with E-state index in [9.17, 15) is 13.2 Å². The number of carbonyl (C=O) groups excluding carboxylic acids is 1. The van der Waals surface area contributed by atoms with Gasteiger partial charge in [0.25, 0.3) is 0 Å². The summed E-state index contributed by atoms with van der Waals surface area (Å²) in [7, 11) is 0.888. The van der Waals surface area contributed by atoms with Crippen molar-refractivity contribution in [3.63, 3.8) is 0 Å². The van der Waals surface area contributed by atoms with E-state index >= 15 is 0 Å². The fourth-order valence-electron chi connectivity index (χ4n) is 3.47. The Hall–Kier alpha value is -3.11. The highest BCUT2D eigenvalue weighted by atomic mass is 32.2. The highest BCUT2D eigenvalue weighted by Gasteiger charge is 2.20. The minimum absolute atomic E-state index is 0.0357. The minimum atomic E-state index is -3.59. The van der Waals surface area contributed by atoms with Crippen LogP contribution in [0.1, 0.15) is 43.4 Å². The molecule has 0 saturated heterocycles. The molecule has 2 aromatic carbocycles. The van der Waals surface area contributed by atoms with Crippen molar-refractivity contribution in [3.05, 3.63) is 47.8 Å². The van der Waals surface area contributed by atoms with Crippen LogP contribution in [0.3, 0.4) is 0 Å². The van der Waals surface area contributed by atoms with Gasteiger partial charge in [-0.1, -0.05) is 6.92 Å². The molecule has 3 rings (SSSR count). The molecule has 0 aliphatic carbocycles. The molecule has 34 heavy (non-hydrogen) atoms. The number of rotatable bonds is 10. The van der Waals surface area contributed by atoms with Gasteiger partial charge in [-0.2, -0.15) is 0 Å². The monoisotopic (exact) mass is 489 g/mol. The molecule has 9 nitrogen and oxygen atoms in total. The quantitative estimate of drug-likeness (QED) is 0.399. The molecule has 0 bridgehead atoms. The zero-order chi connectivity index (χ0) is 25.0. The first-order valence-electron chi connectivity index (χ1n) is 11.0. The summed E-state index contributed by atoms with van der Waals surface area (Å²) in [5.41, 5.74) is 1.63. The third-order valence-electron chi connectivity index (χ3n) is 5.12. The smallest absolute Gasteiger partial charge is 0.338 e. The number of aryl methyl sites for hydroxylation is 1. The van der Waals surface area contributed by atoms with E-state index in [0.717, 1.165) is 16.2 Å². The number of benzene rings is 2. The Morgan fingerprint density at radius 2 is 1.85 bits per heavy atom. The van der Waals surface area contributed by atoms with Crippen LogP contribution in [-0.4, -0.2) is 55.6 Å². The van der Waals surface area contributed by atoms with Gasteiger partial charge in [0.2, 0.25) is 10.0 Å². The van der Waals surface area contributed by atoms with Crippen LogP contribution < -0.4 is 9.47 Å². The summed E-state index contributed by atoms with van der Waals surface area (Å²) in [4.78, 5) is 17.5. The number of nitrogens with zero attached hydrogens (tertiary/aromatic N) is 3. The van der Waals surface area contributed by atoms with E-state index < -0.39 is 16.0 Å². The summed E-state index contributed by atoms with van der Waals surface area (Å²) < 4.78 is 44.7. The molecule has 0 aliphatic rings. The molecule has 1 aromatic heterocycles. The number of hydrogen-bond donors (Lipinski definition) is 0. The molecule has 0 amide bonds. The van der Waals surface area contributed by atoms with Crippen LogP contribution in [0.25, 0.3) is 11.0 Å². The average Bonchev–Trinajstić information content (AvgIpc) is 3.14. The van der Waals surface area contributed by atoms with Gasteiger partial charge in [-0.25, -0.2) is 22.5 Å². The Bertz CT molecular complexity index is 1280. The lowest BCUT2D eigenvalue weighted by Crippen LogP contribution is -2.22. The maximum Gasteiger partial charge on any atom is 0.338 e. The standard InChI is InChI=1S/C24H31N3O6S/c1-7-12-27-20-10-9-18(34(29,30)26(4)5)14-19(20)25-23(27)15-32-24(28)17-8-11-21(33-16(2)3)22(13-17)31-6/h8-11,13-14,16H,7,12,15H2,1-6H3. The van der Waals surface area contributed by atoms with Crippen LogP contribution in [0.15, 0.2) is 41.3 Å². The molecule has 184 valence electrons. The van der Waals surface area contributed by atoms with Crippen molar-refractivity contribution in [1.82, 2.24) is 13.9 Å². The third kappa shape index (κ3) is 5.34. The van der Waals surface area contributed by atoms with Gasteiger partial charge in [-0.05, 0) is 56.7 Å². The van der Waals surface area contributed by atoms with E-state index in [0.29, 0.717) is 34.9 Å². The number of aromatic nitrogens is 2. The first kappa shape index (κ1) is 25.5. The molecule has 10 heteroatoms. The molecule has 1 heterocycles. The van der Waals surface area contributed by atoms with Crippen LogP contribution >= 0.6 is 0 Å². The molecule has 3 aromatic rings. The Morgan fingerprint density at radius 3 is 2.47 bits per heavy atom. The molecule has 0 unspecified atom stereocenters. The van der Waals surface area contributed by atoms with Gasteiger partial charge in [0.15, 0.2) is 11.5 Å². The summed E-state index contributed by atoms with van der Waals surface area (Å²) in [5, 5.41) is 0. The van der Waals surface area contributed by atoms with E-state index in [4.69, 9.17) is 14.2 Å². The molecular formula is C24H31N3O6S. The predicted molar refractivity (Wildman–Crippen MR) is 129 cm³/mol. The Kier molecular flexibility index (Phi) is 7.83. The Morgan fingerprint density at radius 1 is 1.12 bits per heavy atom. The molecular weight excluding hydrogens is 458 g/mol. The van der Waals surface area contributed by atoms with Crippen molar-refractivity contribution in [2.45, 2.75) is 51.3 Å². The fraction of sp³-hybridized carbons (Fsp3) is 0.417. The second kappa shape index (κ2) is 10.4. The van der Waals surface area contributed by atoms with Gasteiger partial charge >= 0.3 is 5.97 Å². The first-order chi connectivity index (χ1) is 16.1.